The van der Waals surface area contributed by atoms with Gasteiger partial charge in [0, 0.05) is 5.03 Å². The molecule has 0 rings (SSSR count). The van der Waals surface area contributed by atoms with Gasteiger partial charge in [0.2, 0.25) is 0 Å². The summed E-state index contributed by atoms with van der Waals surface area (Å²) < 4.78 is 0.993. The minimum Gasteiger partial charge on any atom is -0.0850 e. The lowest BCUT2D eigenvalue weighted by Gasteiger charge is -1.81. The van der Waals surface area contributed by atoms with Crippen molar-refractivity contribution in [2.24, 2.45) is 0 Å². The van der Waals surface area contributed by atoms with Crippen molar-refractivity contribution >= 4 is 27.5 Å². The van der Waals surface area contributed by atoms with Gasteiger partial charge in [0.05, 0.1) is 0 Å². The van der Waals surface area contributed by atoms with E-state index in [0.717, 1.165) is 4.48 Å². The minimum absolute atomic E-state index is 0.550. The first-order valence-electron chi connectivity index (χ1n) is 1.81. The van der Waals surface area contributed by atoms with Crippen LogP contribution in [0.4, 0.5) is 0 Å². The van der Waals surface area contributed by atoms with Gasteiger partial charge in [0.15, 0.2) is 0 Å². The van der Waals surface area contributed by atoms with Crippen LogP contribution in [-0.2, 0) is 0 Å². The van der Waals surface area contributed by atoms with Crippen LogP contribution in [0, 0.1) is 0 Å². The molecule has 0 aliphatic carbocycles. The van der Waals surface area contributed by atoms with Crippen LogP contribution in [0.25, 0.3) is 0 Å². The molecular formula is C5H6BrCl. The Morgan fingerprint density at radius 2 is 2.29 bits per heavy atom. The van der Waals surface area contributed by atoms with Crippen LogP contribution in [0.2, 0.25) is 0 Å². The number of halogens is 2. The average molecular weight is 181 g/mol. The highest BCUT2D eigenvalue weighted by Gasteiger charge is 1.78. The van der Waals surface area contributed by atoms with Crippen LogP contribution in [0.5, 0.6) is 0 Å². The fraction of sp³-hybridized carbons (Fsp3) is 0.200. The second-order valence-corrected chi connectivity index (χ2v) is 2.91. The molecule has 0 aliphatic heterocycles. The predicted molar refractivity (Wildman–Crippen MR) is 37.7 cm³/mol. The summed E-state index contributed by atoms with van der Waals surface area (Å²) in [5.74, 6) is 0. The smallest absolute Gasteiger partial charge is 0.0342 e. The third kappa shape index (κ3) is 6.25. The largest absolute Gasteiger partial charge is 0.0850 e. The SMILES string of the molecule is C=C(Cl)C=C(C)Br. The van der Waals surface area contributed by atoms with E-state index in [1.165, 1.54) is 0 Å². The molecule has 0 aromatic carbocycles. The fourth-order valence-electron chi connectivity index (χ4n) is 0.216. The van der Waals surface area contributed by atoms with Gasteiger partial charge < -0.3 is 0 Å². The van der Waals surface area contributed by atoms with E-state index >= 15 is 0 Å². The highest BCUT2D eigenvalue weighted by atomic mass is 79.9. The number of rotatable bonds is 1. The van der Waals surface area contributed by atoms with Crippen molar-refractivity contribution in [2.75, 3.05) is 0 Å². The molecule has 0 fully saturated rings. The molecule has 0 amide bonds. The Labute approximate surface area is 57.0 Å². The van der Waals surface area contributed by atoms with E-state index in [1.54, 1.807) is 6.08 Å². The summed E-state index contributed by atoms with van der Waals surface area (Å²) in [7, 11) is 0. The van der Waals surface area contributed by atoms with Crippen molar-refractivity contribution in [3.63, 3.8) is 0 Å². The molecule has 0 N–H and O–H groups in total. The zero-order valence-corrected chi connectivity index (χ0v) is 6.38. The van der Waals surface area contributed by atoms with Crippen LogP contribution in [0.3, 0.4) is 0 Å². The Morgan fingerprint density at radius 3 is 2.29 bits per heavy atom. The summed E-state index contributed by atoms with van der Waals surface area (Å²) in [5.41, 5.74) is 0. The maximum absolute atomic E-state index is 5.37. The zero-order chi connectivity index (χ0) is 5.86. The van der Waals surface area contributed by atoms with Gasteiger partial charge >= 0.3 is 0 Å². The average Bonchev–Trinajstić information content (AvgIpc) is 1.27. The van der Waals surface area contributed by atoms with E-state index in [0.29, 0.717) is 5.03 Å². The maximum Gasteiger partial charge on any atom is 0.0342 e. The zero-order valence-electron chi connectivity index (χ0n) is 4.04. The van der Waals surface area contributed by atoms with Crippen molar-refractivity contribution in [1.82, 2.24) is 0 Å². The molecule has 0 aliphatic rings. The van der Waals surface area contributed by atoms with Crippen LogP contribution in [0.15, 0.2) is 22.2 Å². The Balaban J connectivity index is 3.68. The van der Waals surface area contributed by atoms with Crippen molar-refractivity contribution in [3.05, 3.63) is 22.2 Å². The van der Waals surface area contributed by atoms with Gasteiger partial charge in [-0.3, -0.25) is 0 Å². The molecule has 0 bridgehead atoms. The molecule has 0 aromatic rings. The highest BCUT2D eigenvalue weighted by molar-refractivity contribution is 9.11. The van der Waals surface area contributed by atoms with Gasteiger partial charge in [-0.25, -0.2) is 0 Å². The van der Waals surface area contributed by atoms with Crippen molar-refractivity contribution < 1.29 is 0 Å². The Kier molecular flexibility index (Phi) is 3.39. The van der Waals surface area contributed by atoms with Crippen LogP contribution in [-0.4, -0.2) is 0 Å². The Hall–Kier alpha value is 0.250. The molecule has 0 spiro atoms. The summed E-state index contributed by atoms with van der Waals surface area (Å²) >= 11 is 8.56. The van der Waals surface area contributed by atoms with E-state index in [4.69, 9.17) is 11.6 Å². The molecule has 0 radical (unpaired) electrons. The van der Waals surface area contributed by atoms with Crippen LogP contribution >= 0.6 is 27.5 Å². The number of hydrogen-bond acceptors (Lipinski definition) is 0. The standard InChI is InChI=1S/C5H6BrCl/c1-4(6)3-5(2)7/h3H,2H2,1H3. The highest BCUT2D eigenvalue weighted by Crippen LogP contribution is 2.08. The molecular weight excluding hydrogens is 175 g/mol. The van der Waals surface area contributed by atoms with Gasteiger partial charge in [-0.2, -0.15) is 0 Å². The maximum atomic E-state index is 5.37. The second kappa shape index (κ2) is 3.28. The van der Waals surface area contributed by atoms with Crippen molar-refractivity contribution in [3.8, 4) is 0 Å². The van der Waals surface area contributed by atoms with E-state index in [2.05, 4.69) is 22.5 Å². The topological polar surface area (TPSA) is 0 Å². The molecule has 0 saturated heterocycles. The monoisotopic (exact) mass is 180 g/mol. The molecule has 0 atom stereocenters. The third-order valence-electron chi connectivity index (χ3n) is 0.356. The van der Waals surface area contributed by atoms with Crippen LogP contribution < -0.4 is 0 Å². The van der Waals surface area contributed by atoms with E-state index < -0.39 is 0 Å². The van der Waals surface area contributed by atoms with E-state index in [1.807, 2.05) is 6.92 Å². The molecule has 0 aromatic heterocycles. The van der Waals surface area contributed by atoms with Gasteiger partial charge in [0.25, 0.3) is 0 Å². The lowest BCUT2D eigenvalue weighted by molar-refractivity contribution is 1.69. The van der Waals surface area contributed by atoms with Gasteiger partial charge in [-0.1, -0.05) is 34.1 Å². The van der Waals surface area contributed by atoms with Gasteiger partial charge in [-0.05, 0) is 17.5 Å². The first-order chi connectivity index (χ1) is 3.13. The first-order valence-corrected chi connectivity index (χ1v) is 2.98. The Bertz CT molecular complexity index is 101. The lowest BCUT2D eigenvalue weighted by atomic mass is 10.5. The van der Waals surface area contributed by atoms with Crippen molar-refractivity contribution in [1.29, 1.82) is 0 Å². The van der Waals surface area contributed by atoms with Crippen molar-refractivity contribution in [2.45, 2.75) is 6.92 Å². The molecule has 7 heavy (non-hydrogen) atoms. The predicted octanol–water partition coefficient (Wildman–Crippen LogP) is 3.04. The lowest BCUT2D eigenvalue weighted by Crippen LogP contribution is -1.56. The number of hydrogen-bond donors (Lipinski definition) is 0. The summed E-state index contributed by atoms with van der Waals surface area (Å²) in [6.45, 7) is 5.35. The Morgan fingerprint density at radius 1 is 1.86 bits per heavy atom. The van der Waals surface area contributed by atoms with E-state index in [-0.39, 0.29) is 0 Å². The summed E-state index contributed by atoms with van der Waals surface area (Å²) in [4.78, 5) is 0. The van der Waals surface area contributed by atoms with E-state index in [9.17, 15) is 0 Å². The molecule has 0 unspecified atom stereocenters. The summed E-state index contributed by atoms with van der Waals surface area (Å²) in [5, 5.41) is 0.550. The molecule has 40 valence electrons. The number of allylic oxidation sites excluding steroid dienone is 3. The quantitative estimate of drug-likeness (QED) is 0.546. The fourth-order valence-corrected chi connectivity index (χ4v) is 0.788. The summed E-state index contributed by atoms with van der Waals surface area (Å²) in [6, 6.07) is 0. The minimum atomic E-state index is 0.550. The molecule has 0 nitrogen and oxygen atoms in total. The van der Waals surface area contributed by atoms with Crippen LogP contribution in [0.1, 0.15) is 6.92 Å². The van der Waals surface area contributed by atoms with Gasteiger partial charge in [-0.15, -0.1) is 0 Å². The second-order valence-electron chi connectivity index (χ2n) is 1.18. The van der Waals surface area contributed by atoms with Gasteiger partial charge in [0.1, 0.15) is 0 Å². The summed E-state index contributed by atoms with van der Waals surface area (Å²) in [6.07, 6.45) is 1.74. The third-order valence-corrected chi connectivity index (χ3v) is 0.694. The molecule has 0 saturated carbocycles. The normalized spacial score (nSPS) is 11.6. The first kappa shape index (κ1) is 7.25. The molecule has 0 heterocycles. The molecule has 2 heteroatoms.